The van der Waals surface area contributed by atoms with Gasteiger partial charge in [-0.05, 0) is 26.2 Å². The van der Waals surface area contributed by atoms with E-state index in [2.05, 4.69) is 15.8 Å². The summed E-state index contributed by atoms with van der Waals surface area (Å²) in [5.41, 5.74) is 1.71. The highest BCUT2D eigenvalue weighted by Gasteiger charge is 2.21. The van der Waals surface area contributed by atoms with E-state index in [-0.39, 0.29) is 24.5 Å². The van der Waals surface area contributed by atoms with E-state index >= 15 is 0 Å². The minimum absolute atomic E-state index is 0.111. The molecule has 6 heteroatoms. The Bertz CT molecular complexity index is 423. The Morgan fingerprint density at radius 3 is 2.50 bits per heavy atom. The van der Waals surface area contributed by atoms with Crippen LogP contribution in [0.3, 0.4) is 0 Å². The van der Waals surface area contributed by atoms with Crippen LogP contribution in [-0.4, -0.2) is 28.9 Å². The first-order chi connectivity index (χ1) is 9.36. The van der Waals surface area contributed by atoms with Gasteiger partial charge in [-0.1, -0.05) is 25.9 Å². The van der Waals surface area contributed by atoms with Gasteiger partial charge in [0.1, 0.15) is 5.76 Å². The van der Waals surface area contributed by atoms with Gasteiger partial charge in [-0.15, -0.1) is 0 Å². The van der Waals surface area contributed by atoms with Gasteiger partial charge in [0.25, 0.3) is 0 Å². The van der Waals surface area contributed by atoms with E-state index < -0.39 is 6.10 Å². The maximum absolute atomic E-state index is 11.9. The molecule has 1 rings (SSSR count). The summed E-state index contributed by atoms with van der Waals surface area (Å²) >= 11 is 0. The normalized spacial score (nSPS) is 14.2. The number of carbonyl (C=O) groups is 1. The quantitative estimate of drug-likeness (QED) is 0.745. The molecule has 0 spiro atoms. The molecule has 0 aliphatic rings. The summed E-state index contributed by atoms with van der Waals surface area (Å²) in [6.45, 7) is 9.73. The molecule has 1 aromatic heterocycles. The molecule has 2 amide bonds. The number of aromatic nitrogens is 1. The summed E-state index contributed by atoms with van der Waals surface area (Å²) in [5, 5.41) is 19.1. The van der Waals surface area contributed by atoms with E-state index in [1.807, 2.05) is 34.6 Å². The number of urea groups is 1. The van der Waals surface area contributed by atoms with Crippen LogP contribution in [0.2, 0.25) is 0 Å². The van der Waals surface area contributed by atoms with E-state index in [4.69, 9.17) is 4.52 Å². The molecule has 0 aliphatic carbocycles. The van der Waals surface area contributed by atoms with Crippen molar-refractivity contribution in [1.29, 1.82) is 0 Å². The highest BCUT2D eigenvalue weighted by molar-refractivity contribution is 5.74. The van der Waals surface area contributed by atoms with Gasteiger partial charge in [-0.25, -0.2) is 4.79 Å². The molecular weight excluding hydrogens is 258 g/mol. The van der Waals surface area contributed by atoms with Crippen molar-refractivity contribution in [2.45, 2.75) is 53.2 Å². The van der Waals surface area contributed by atoms with Crippen LogP contribution >= 0.6 is 0 Å². The first-order valence-electron chi connectivity index (χ1n) is 7.02. The topological polar surface area (TPSA) is 87.4 Å². The molecule has 0 bridgehead atoms. The molecule has 0 fully saturated rings. The third-order valence-corrected chi connectivity index (χ3v) is 3.39. The summed E-state index contributed by atoms with van der Waals surface area (Å²) < 4.78 is 5.13. The number of aliphatic hydroxyl groups excluding tert-OH is 1. The van der Waals surface area contributed by atoms with E-state index in [0.29, 0.717) is 0 Å². The second-order valence-corrected chi connectivity index (χ2v) is 5.36. The lowest BCUT2D eigenvalue weighted by atomic mass is 10.0. The smallest absolute Gasteiger partial charge is 0.315 e. The minimum Gasteiger partial charge on any atom is -0.391 e. The van der Waals surface area contributed by atoms with E-state index in [1.165, 1.54) is 0 Å². The fourth-order valence-corrected chi connectivity index (χ4v) is 2.01. The molecule has 2 atom stereocenters. The molecular formula is C14H25N3O3. The van der Waals surface area contributed by atoms with E-state index in [1.54, 1.807) is 0 Å². The highest BCUT2D eigenvalue weighted by atomic mass is 16.5. The SMILES string of the molecule is CCC(NC(=O)NCC(O)C(C)C)c1c(C)noc1C. The van der Waals surface area contributed by atoms with Crippen molar-refractivity contribution >= 4 is 6.03 Å². The Morgan fingerprint density at radius 1 is 1.40 bits per heavy atom. The first-order valence-corrected chi connectivity index (χ1v) is 7.02. The number of hydrogen-bond donors (Lipinski definition) is 3. The summed E-state index contributed by atoms with van der Waals surface area (Å²) in [4.78, 5) is 11.9. The standard InChI is InChI=1S/C14H25N3O3/c1-6-11(13-9(4)17-20-10(13)5)16-14(19)15-7-12(18)8(2)3/h8,11-12,18H,6-7H2,1-5H3,(H2,15,16,19). The fraction of sp³-hybridized carbons (Fsp3) is 0.714. The second-order valence-electron chi connectivity index (χ2n) is 5.36. The van der Waals surface area contributed by atoms with Crippen LogP contribution < -0.4 is 10.6 Å². The largest absolute Gasteiger partial charge is 0.391 e. The van der Waals surface area contributed by atoms with Crippen LogP contribution in [0.5, 0.6) is 0 Å². The lowest BCUT2D eigenvalue weighted by Gasteiger charge is -2.19. The monoisotopic (exact) mass is 283 g/mol. The average molecular weight is 283 g/mol. The number of nitrogens with zero attached hydrogens (tertiary/aromatic N) is 1. The van der Waals surface area contributed by atoms with Crippen molar-refractivity contribution in [3.63, 3.8) is 0 Å². The highest BCUT2D eigenvalue weighted by Crippen LogP contribution is 2.23. The number of rotatable bonds is 6. The molecule has 2 unspecified atom stereocenters. The van der Waals surface area contributed by atoms with Crippen LogP contribution in [0.15, 0.2) is 4.52 Å². The Balaban J connectivity index is 2.59. The Hall–Kier alpha value is -1.56. The maximum Gasteiger partial charge on any atom is 0.315 e. The van der Waals surface area contributed by atoms with Gasteiger partial charge in [0.05, 0.1) is 17.8 Å². The number of aryl methyl sites for hydroxylation is 2. The Kier molecular flexibility index (Phi) is 6.01. The van der Waals surface area contributed by atoms with E-state index in [0.717, 1.165) is 23.4 Å². The minimum atomic E-state index is -0.542. The molecule has 6 nitrogen and oxygen atoms in total. The summed E-state index contributed by atoms with van der Waals surface area (Å²) in [7, 11) is 0. The number of nitrogens with one attached hydrogen (secondary N) is 2. The van der Waals surface area contributed by atoms with Crippen molar-refractivity contribution in [1.82, 2.24) is 15.8 Å². The zero-order chi connectivity index (χ0) is 15.3. The number of amides is 2. The predicted molar refractivity (Wildman–Crippen MR) is 76.4 cm³/mol. The fourth-order valence-electron chi connectivity index (χ4n) is 2.01. The van der Waals surface area contributed by atoms with Crippen LogP contribution in [-0.2, 0) is 0 Å². The first kappa shape index (κ1) is 16.5. The average Bonchev–Trinajstić information content (AvgIpc) is 2.73. The van der Waals surface area contributed by atoms with Gasteiger partial charge in [-0.3, -0.25) is 0 Å². The lowest BCUT2D eigenvalue weighted by Crippen LogP contribution is -2.42. The van der Waals surface area contributed by atoms with E-state index in [9.17, 15) is 9.90 Å². The van der Waals surface area contributed by atoms with Crippen LogP contribution in [0, 0.1) is 19.8 Å². The van der Waals surface area contributed by atoms with Crippen molar-refractivity contribution in [3.8, 4) is 0 Å². The maximum atomic E-state index is 11.9. The number of hydrogen-bond acceptors (Lipinski definition) is 4. The van der Waals surface area contributed by atoms with Gasteiger partial charge in [0.2, 0.25) is 0 Å². The molecule has 1 aromatic rings. The third-order valence-electron chi connectivity index (χ3n) is 3.39. The van der Waals surface area contributed by atoms with Gasteiger partial charge < -0.3 is 20.3 Å². The molecule has 0 aromatic carbocycles. The van der Waals surface area contributed by atoms with Crippen molar-refractivity contribution in [2.24, 2.45) is 5.92 Å². The van der Waals surface area contributed by atoms with Crippen molar-refractivity contribution < 1.29 is 14.4 Å². The molecule has 0 saturated carbocycles. The predicted octanol–water partition coefficient (Wildman–Crippen LogP) is 2.06. The summed E-state index contributed by atoms with van der Waals surface area (Å²) in [6.07, 6.45) is 0.197. The zero-order valence-electron chi connectivity index (χ0n) is 12.9. The Labute approximate surface area is 119 Å². The number of aliphatic hydroxyl groups is 1. The van der Waals surface area contributed by atoms with Gasteiger partial charge >= 0.3 is 6.03 Å². The summed E-state index contributed by atoms with van der Waals surface area (Å²) in [6, 6.07) is -0.436. The third kappa shape index (κ3) is 4.23. The molecule has 3 N–H and O–H groups in total. The molecule has 0 radical (unpaired) electrons. The van der Waals surface area contributed by atoms with Crippen LogP contribution in [0.25, 0.3) is 0 Å². The summed E-state index contributed by atoms with van der Waals surface area (Å²) in [5.74, 6) is 0.830. The lowest BCUT2D eigenvalue weighted by molar-refractivity contribution is 0.124. The molecule has 114 valence electrons. The molecule has 0 saturated heterocycles. The number of carbonyl (C=O) groups excluding carboxylic acids is 1. The molecule has 20 heavy (non-hydrogen) atoms. The molecule has 0 aliphatic heterocycles. The zero-order valence-corrected chi connectivity index (χ0v) is 12.9. The van der Waals surface area contributed by atoms with Gasteiger partial charge in [0, 0.05) is 12.1 Å². The molecule has 1 heterocycles. The Morgan fingerprint density at radius 2 is 2.05 bits per heavy atom. The van der Waals surface area contributed by atoms with Crippen LogP contribution in [0.4, 0.5) is 4.79 Å². The van der Waals surface area contributed by atoms with Gasteiger partial charge in [0.15, 0.2) is 0 Å². The second kappa shape index (κ2) is 7.28. The van der Waals surface area contributed by atoms with Gasteiger partial charge in [-0.2, -0.15) is 0 Å². The van der Waals surface area contributed by atoms with Crippen LogP contribution in [0.1, 0.15) is 50.3 Å². The van der Waals surface area contributed by atoms with Crippen molar-refractivity contribution in [3.05, 3.63) is 17.0 Å². The van der Waals surface area contributed by atoms with Crippen molar-refractivity contribution in [2.75, 3.05) is 6.54 Å².